The molecule has 558 valence electrons. The van der Waals surface area contributed by atoms with E-state index in [4.69, 9.17) is 37.0 Å². The smallest absolute Gasteiger partial charge is 0.462 e. The minimum Gasteiger partial charge on any atom is -0.462 e. The molecule has 0 saturated heterocycles. The van der Waals surface area contributed by atoms with Crippen LogP contribution in [0.4, 0.5) is 0 Å². The molecule has 0 aliphatic carbocycles. The normalized spacial score (nSPS) is 14.6. The van der Waals surface area contributed by atoms with Gasteiger partial charge in [0.1, 0.15) is 19.3 Å². The second-order valence-corrected chi connectivity index (χ2v) is 30.4. The molecule has 0 aromatic rings. The van der Waals surface area contributed by atoms with E-state index in [-0.39, 0.29) is 25.7 Å². The topological polar surface area (TPSA) is 237 Å². The summed E-state index contributed by atoms with van der Waals surface area (Å²) >= 11 is 0. The Morgan fingerprint density at radius 1 is 0.298 bits per heavy atom. The number of ether oxygens (including phenoxy) is 4. The van der Waals surface area contributed by atoms with Crippen molar-refractivity contribution in [2.24, 2.45) is 11.8 Å². The van der Waals surface area contributed by atoms with Gasteiger partial charge in [-0.1, -0.05) is 337 Å². The number of aliphatic hydroxyl groups is 1. The van der Waals surface area contributed by atoms with Crippen molar-refractivity contribution in [3.63, 3.8) is 0 Å². The first-order valence-corrected chi connectivity index (χ1v) is 42.1. The second kappa shape index (κ2) is 66.9. The van der Waals surface area contributed by atoms with E-state index in [0.717, 1.165) is 102 Å². The Kier molecular flexibility index (Phi) is 65.5. The van der Waals surface area contributed by atoms with Gasteiger partial charge in [0, 0.05) is 25.7 Å². The first kappa shape index (κ1) is 92.1. The molecule has 0 aromatic carbocycles. The van der Waals surface area contributed by atoms with Gasteiger partial charge in [-0.3, -0.25) is 37.3 Å². The summed E-state index contributed by atoms with van der Waals surface area (Å²) in [6.07, 6.45) is 54.0. The molecule has 3 N–H and O–H groups in total. The molecule has 0 fully saturated rings. The Balaban J connectivity index is 5.23. The van der Waals surface area contributed by atoms with Crippen LogP contribution < -0.4 is 0 Å². The van der Waals surface area contributed by atoms with Gasteiger partial charge in [0.2, 0.25) is 0 Å². The largest absolute Gasteiger partial charge is 0.472 e. The second-order valence-electron chi connectivity index (χ2n) is 27.5. The molecule has 0 aliphatic heterocycles. The van der Waals surface area contributed by atoms with Gasteiger partial charge < -0.3 is 33.8 Å². The fourth-order valence-corrected chi connectivity index (χ4v) is 13.0. The summed E-state index contributed by atoms with van der Waals surface area (Å²) in [4.78, 5) is 72.8. The van der Waals surface area contributed by atoms with E-state index in [9.17, 15) is 43.2 Å². The van der Waals surface area contributed by atoms with E-state index in [1.807, 2.05) is 0 Å². The number of phosphoric ester groups is 2. The molecule has 94 heavy (non-hydrogen) atoms. The first-order chi connectivity index (χ1) is 45.4. The maximum atomic E-state index is 13.1. The molecule has 17 nitrogen and oxygen atoms in total. The number of esters is 4. The molecule has 7 atom stereocenters. The lowest BCUT2D eigenvalue weighted by atomic mass is 9.99. The molecule has 0 amide bonds. The van der Waals surface area contributed by atoms with Crippen LogP contribution in [0.15, 0.2) is 0 Å². The molecule has 0 rings (SSSR count). The summed E-state index contributed by atoms with van der Waals surface area (Å²) in [5.74, 6) is -0.571. The fourth-order valence-electron chi connectivity index (χ4n) is 11.4. The monoisotopic (exact) mass is 1380 g/mol. The molecule has 0 heterocycles. The van der Waals surface area contributed by atoms with Gasteiger partial charge in [0.25, 0.3) is 0 Å². The predicted molar refractivity (Wildman–Crippen MR) is 381 cm³/mol. The van der Waals surface area contributed by atoms with Crippen molar-refractivity contribution in [2.45, 2.75) is 407 Å². The van der Waals surface area contributed by atoms with Crippen molar-refractivity contribution in [3.8, 4) is 0 Å². The van der Waals surface area contributed by atoms with Gasteiger partial charge in [-0.15, -0.1) is 0 Å². The molecule has 0 aromatic heterocycles. The van der Waals surface area contributed by atoms with Gasteiger partial charge in [-0.05, 0) is 37.5 Å². The van der Waals surface area contributed by atoms with E-state index in [1.165, 1.54) is 205 Å². The molecular formula is C75H146O17P2. The SMILES string of the molecule is CCCCCCCCCCCCCCCCCCCCCC(=O)O[C@H](COC(=O)CCCCCCCCCCC(C)CC)COP(=O)(O)OC[C@@H](O)COP(=O)(O)OC[C@@H](COC(=O)CCCCCCCCCCCCC)OC(=O)CCCCCCCCCCC(C)CC. The summed E-state index contributed by atoms with van der Waals surface area (Å²) < 4.78 is 68.5. The van der Waals surface area contributed by atoms with Crippen molar-refractivity contribution in [1.29, 1.82) is 0 Å². The summed E-state index contributed by atoms with van der Waals surface area (Å²) in [6.45, 7) is 9.58. The highest BCUT2D eigenvalue weighted by Crippen LogP contribution is 2.45. The quantitative estimate of drug-likeness (QED) is 0.0222. The molecular weight excluding hydrogens is 1230 g/mol. The summed E-state index contributed by atoms with van der Waals surface area (Å²) in [5, 5.41) is 10.6. The highest BCUT2D eigenvalue weighted by molar-refractivity contribution is 7.47. The Labute approximate surface area is 575 Å². The summed E-state index contributed by atoms with van der Waals surface area (Å²) in [7, 11) is -9.91. The highest BCUT2D eigenvalue weighted by atomic mass is 31.2. The van der Waals surface area contributed by atoms with Crippen molar-refractivity contribution in [1.82, 2.24) is 0 Å². The zero-order chi connectivity index (χ0) is 69.3. The Morgan fingerprint density at radius 2 is 0.511 bits per heavy atom. The number of unbranched alkanes of at least 4 members (excludes halogenated alkanes) is 42. The average Bonchev–Trinajstić information content (AvgIpc) is 1.93. The number of phosphoric acid groups is 2. The number of hydrogen-bond acceptors (Lipinski definition) is 15. The lowest BCUT2D eigenvalue weighted by Gasteiger charge is -2.21. The Bertz CT molecular complexity index is 1820. The summed E-state index contributed by atoms with van der Waals surface area (Å²) in [6, 6.07) is 0. The van der Waals surface area contributed by atoms with Gasteiger partial charge in [0.15, 0.2) is 12.2 Å². The third-order valence-electron chi connectivity index (χ3n) is 18.2. The van der Waals surface area contributed by atoms with Crippen LogP contribution in [0.5, 0.6) is 0 Å². The lowest BCUT2D eigenvalue weighted by molar-refractivity contribution is -0.161. The third-order valence-corrected chi connectivity index (χ3v) is 20.1. The van der Waals surface area contributed by atoms with Gasteiger partial charge in [-0.2, -0.15) is 0 Å². The molecule has 0 radical (unpaired) electrons. The van der Waals surface area contributed by atoms with Gasteiger partial charge in [-0.25, -0.2) is 9.13 Å². The zero-order valence-corrected chi connectivity index (χ0v) is 63.1. The number of hydrogen-bond donors (Lipinski definition) is 3. The molecule has 19 heteroatoms. The number of aliphatic hydroxyl groups excluding tert-OH is 1. The minimum atomic E-state index is -4.96. The van der Waals surface area contributed by atoms with E-state index < -0.39 is 97.5 Å². The molecule has 0 aliphatic rings. The van der Waals surface area contributed by atoms with Crippen LogP contribution in [0.2, 0.25) is 0 Å². The van der Waals surface area contributed by atoms with E-state index in [2.05, 4.69) is 41.5 Å². The van der Waals surface area contributed by atoms with Crippen LogP contribution in [0.25, 0.3) is 0 Å². The van der Waals surface area contributed by atoms with E-state index >= 15 is 0 Å². The van der Waals surface area contributed by atoms with Crippen LogP contribution >= 0.6 is 15.6 Å². The standard InChI is InChI=1S/C75H146O17P2/c1-7-11-13-15-17-19-21-22-23-24-25-26-27-28-30-32-41-47-53-59-74(79)91-70(64-86-73(78)58-52-46-40-35-33-37-43-49-55-67(5)9-3)65-89-93(81,82)87-61-69(76)62-88-94(83,84)90-66-71(63-85-72(77)57-51-45-39-31-29-20-18-16-14-12-8-2)92-75(80)60-54-48-42-36-34-38-44-50-56-68(6)10-4/h67-71,76H,7-66H2,1-6H3,(H,81,82)(H,83,84)/t67?,68?,69-,70-,71-/m1/s1. The van der Waals surface area contributed by atoms with Crippen LogP contribution in [-0.4, -0.2) is 96.7 Å². The minimum absolute atomic E-state index is 0.105. The molecule has 0 bridgehead atoms. The maximum absolute atomic E-state index is 13.1. The van der Waals surface area contributed by atoms with Crippen molar-refractivity contribution < 1.29 is 80.2 Å². The van der Waals surface area contributed by atoms with Crippen molar-refractivity contribution in [2.75, 3.05) is 39.6 Å². The van der Waals surface area contributed by atoms with Crippen LogP contribution in [0, 0.1) is 11.8 Å². The lowest BCUT2D eigenvalue weighted by Crippen LogP contribution is -2.30. The Morgan fingerprint density at radius 3 is 0.755 bits per heavy atom. The predicted octanol–water partition coefficient (Wildman–Crippen LogP) is 21.9. The maximum Gasteiger partial charge on any atom is 0.472 e. The van der Waals surface area contributed by atoms with Crippen molar-refractivity contribution in [3.05, 3.63) is 0 Å². The molecule has 4 unspecified atom stereocenters. The van der Waals surface area contributed by atoms with Crippen LogP contribution in [0.3, 0.4) is 0 Å². The number of rotatable bonds is 74. The van der Waals surface area contributed by atoms with Crippen molar-refractivity contribution >= 4 is 39.5 Å². The van der Waals surface area contributed by atoms with Gasteiger partial charge in [0.05, 0.1) is 26.4 Å². The first-order valence-electron chi connectivity index (χ1n) is 39.1. The van der Waals surface area contributed by atoms with E-state index in [0.29, 0.717) is 25.7 Å². The Hall–Kier alpha value is -1.94. The average molecular weight is 1380 g/mol. The van der Waals surface area contributed by atoms with Crippen LogP contribution in [0.1, 0.15) is 388 Å². The number of carbonyl (C=O) groups is 4. The highest BCUT2D eigenvalue weighted by Gasteiger charge is 2.30. The summed E-state index contributed by atoms with van der Waals surface area (Å²) in [5.41, 5.74) is 0. The number of carbonyl (C=O) groups excluding carboxylic acids is 4. The third kappa shape index (κ3) is 66.0. The zero-order valence-electron chi connectivity index (χ0n) is 61.3. The molecule has 0 saturated carbocycles. The van der Waals surface area contributed by atoms with Crippen LogP contribution in [-0.2, 0) is 65.4 Å². The molecule has 0 spiro atoms. The fraction of sp³-hybridized carbons (Fsp3) is 0.947. The van der Waals surface area contributed by atoms with Gasteiger partial charge >= 0.3 is 39.5 Å². The van der Waals surface area contributed by atoms with E-state index in [1.54, 1.807) is 0 Å².